The van der Waals surface area contributed by atoms with E-state index in [1.165, 1.54) is 23.5 Å². The lowest BCUT2D eigenvalue weighted by Gasteiger charge is -2.26. The van der Waals surface area contributed by atoms with E-state index in [1.807, 2.05) is 18.2 Å². The predicted molar refractivity (Wildman–Crippen MR) is 117 cm³/mol. The summed E-state index contributed by atoms with van der Waals surface area (Å²) in [6.45, 7) is 1.22. The van der Waals surface area contributed by atoms with Crippen molar-refractivity contribution in [3.63, 3.8) is 0 Å². The smallest absolute Gasteiger partial charge is 0.272 e. The van der Waals surface area contributed by atoms with E-state index in [0.717, 1.165) is 15.4 Å². The zero-order valence-electron chi connectivity index (χ0n) is 16.1. The van der Waals surface area contributed by atoms with Crippen LogP contribution < -0.4 is 10.1 Å². The predicted octanol–water partition coefficient (Wildman–Crippen LogP) is 3.21. The fourth-order valence-corrected chi connectivity index (χ4v) is 5.27. The number of methoxy groups -OCH3 is 1. The number of morpholine rings is 1. The van der Waals surface area contributed by atoms with Gasteiger partial charge in [-0.05, 0) is 42.5 Å². The van der Waals surface area contributed by atoms with Gasteiger partial charge in [-0.1, -0.05) is 15.9 Å². The van der Waals surface area contributed by atoms with Crippen LogP contribution >= 0.6 is 15.9 Å². The van der Waals surface area contributed by atoms with E-state index in [9.17, 15) is 13.2 Å². The number of rotatable bonds is 5. The Bertz CT molecular complexity index is 1200. The van der Waals surface area contributed by atoms with E-state index in [4.69, 9.17) is 9.47 Å². The number of carbonyl (C=O) groups excluding carboxylic acids is 1. The van der Waals surface area contributed by atoms with Gasteiger partial charge < -0.3 is 19.8 Å². The van der Waals surface area contributed by atoms with Gasteiger partial charge in [0.2, 0.25) is 10.0 Å². The molecule has 0 unspecified atom stereocenters. The maximum absolute atomic E-state index is 13.1. The number of amides is 1. The summed E-state index contributed by atoms with van der Waals surface area (Å²) in [4.78, 5) is 15.8. The Balaban J connectivity index is 1.62. The molecule has 0 bridgehead atoms. The Labute approximate surface area is 182 Å². The van der Waals surface area contributed by atoms with Crippen LogP contribution in [0.2, 0.25) is 0 Å². The summed E-state index contributed by atoms with van der Waals surface area (Å²) in [5, 5.41) is 3.64. The van der Waals surface area contributed by atoms with E-state index in [-0.39, 0.29) is 29.6 Å². The standard InChI is InChI=1S/C20H20BrN3O5S/c1-28-18-5-3-15(12-19(18)30(26,27)24-6-8-29-9-7-24)22-20(25)17-11-13-10-14(21)2-4-16(13)23-17/h2-5,10-12,23H,6-9H2,1H3,(H,22,25). The molecule has 30 heavy (non-hydrogen) atoms. The molecule has 1 fully saturated rings. The molecule has 2 aromatic carbocycles. The number of fused-ring (bicyclic) bond motifs is 1. The van der Waals surface area contributed by atoms with Crippen LogP contribution in [0.4, 0.5) is 5.69 Å². The number of aromatic amines is 1. The molecule has 0 aliphatic carbocycles. The number of hydrogen-bond acceptors (Lipinski definition) is 5. The van der Waals surface area contributed by atoms with Crippen LogP contribution in [-0.2, 0) is 14.8 Å². The summed E-state index contributed by atoms with van der Waals surface area (Å²) in [7, 11) is -2.38. The van der Waals surface area contributed by atoms with Crippen molar-refractivity contribution in [1.82, 2.24) is 9.29 Å². The third-order valence-corrected chi connectivity index (χ3v) is 7.25. The topological polar surface area (TPSA) is 101 Å². The summed E-state index contributed by atoms with van der Waals surface area (Å²) in [5.41, 5.74) is 1.55. The number of hydrogen-bond donors (Lipinski definition) is 2. The van der Waals surface area contributed by atoms with Gasteiger partial charge in [-0.25, -0.2) is 8.42 Å². The Morgan fingerprint density at radius 3 is 2.67 bits per heavy atom. The minimum atomic E-state index is -3.79. The number of carbonyl (C=O) groups is 1. The number of aromatic nitrogens is 1. The normalized spacial score (nSPS) is 15.3. The maximum atomic E-state index is 13.1. The Kier molecular flexibility index (Phi) is 5.83. The second-order valence-corrected chi connectivity index (χ2v) is 9.57. The zero-order valence-corrected chi connectivity index (χ0v) is 18.5. The van der Waals surface area contributed by atoms with Gasteiger partial charge in [-0.15, -0.1) is 0 Å². The van der Waals surface area contributed by atoms with Gasteiger partial charge in [0.05, 0.1) is 20.3 Å². The van der Waals surface area contributed by atoms with Gasteiger partial charge in [0.1, 0.15) is 16.3 Å². The van der Waals surface area contributed by atoms with E-state index >= 15 is 0 Å². The van der Waals surface area contributed by atoms with Gasteiger partial charge in [-0.2, -0.15) is 4.31 Å². The molecule has 4 rings (SSSR count). The van der Waals surface area contributed by atoms with Crippen LogP contribution in [0.15, 0.2) is 51.8 Å². The van der Waals surface area contributed by atoms with Crippen LogP contribution in [0.5, 0.6) is 5.75 Å². The van der Waals surface area contributed by atoms with Crippen molar-refractivity contribution in [2.45, 2.75) is 4.90 Å². The van der Waals surface area contributed by atoms with Gasteiger partial charge in [0.15, 0.2) is 0 Å². The van der Waals surface area contributed by atoms with E-state index < -0.39 is 10.0 Å². The molecule has 0 saturated carbocycles. The Hall–Kier alpha value is -2.40. The number of sulfonamides is 1. The zero-order chi connectivity index (χ0) is 21.3. The molecule has 1 aliphatic rings. The molecule has 2 heterocycles. The van der Waals surface area contributed by atoms with Crippen molar-refractivity contribution in [3.05, 3.63) is 52.6 Å². The number of H-pyrrole nitrogens is 1. The van der Waals surface area contributed by atoms with Crippen LogP contribution in [0.25, 0.3) is 10.9 Å². The van der Waals surface area contributed by atoms with Crippen LogP contribution in [0.1, 0.15) is 10.5 Å². The highest BCUT2D eigenvalue weighted by Gasteiger charge is 2.29. The van der Waals surface area contributed by atoms with Crippen LogP contribution in [0.3, 0.4) is 0 Å². The van der Waals surface area contributed by atoms with Crippen molar-refractivity contribution >= 4 is 48.5 Å². The number of halogens is 1. The number of nitrogens with zero attached hydrogens (tertiary/aromatic N) is 1. The third-order valence-electron chi connectivity index (χ3n) is 4.84. The molecule has 0 atom stereocenters. The lowest BCUT2D eigenvalue weighted by atomic mass is 10.2. The van der Waals surface area contributed by atoms with Gasteiger partial charge in [0, 0.05) is 34.2 Å². The quantitative estimate of drug-likeness (QED) is 0.568. The first-order chi connectivity index (χ1) is 14.4. The first kappa shape index (κ1) is 20.9. The lowest BCUT2D eigenvalue weighted by molar-refractivity contribution is 0.0729. The van der Waals surface area contributed by atoms with Crippen LogP contribution in [-0.4, -0.2) is 57.0 Å². The molecule has 10 heteroatoms. The average Bonchev–Trinajstić information content (AvgIpc) is 3.17. The average molecular weight is 494 g/mol. The van der Waals surface area contributed by atoms with Crippen molar-refractivity contribution in [1.29, 1.82) is 0 Å². The number of anilines is 1. The summed E-state index contributed by atoms with van der Waals surface area (Å²) in [6, 6.07) is 12.0. The summed E-state index contributed by atoms with van der Waals surface area (Å²) in [6.07, 6.45) is 0. The van der Waals surface area contributed by atoms with Crippen molar-refractivity contribution in [2.75, 3.05) is 38.7 Å². The minimum absolute atomic E-state index is 0.00489. The SMILES string of the molecule is COc1ccc(NC(=O)c2cc3cc(Br)ccc3[nH]2)cc1S(=O)(=O)N1CCOCC1. The molecule has 2 N–H and O–H groups in total. The molecule has 8 nitrogen and oxygen atoms in total. The van der Waals surface area contributed by atoms with E-state index in [1.54, 1.807) is 12.1 Å². The van der Waals surface area contributed by atoms with Crippen molar-refractivity contribution < 1.29 is 22.7 Å². The molecule has 1 amide bonds. The van der Waals surface area contributed by atoms with Gasteiger partial charge in [-0.3, -0.25) is 4.79 Å². The Morgan fingerprint density at radius 1 is 1.17 bits per heavy atom. The highest BCUT2D eigenvalue weighted by molar-refractivity contribution is 9.10. The number of benzene rings is 2. The fraction of sp³-hybridized carbons (Fsp3) is 0.250. The molecule has 158 valence electrons. The Morgan fingerprint density at radius 2 is 1.93 bits per heavy atom. The van der Waals surface area contributed by atoms with E-state index in [2.05, 4.69) is 26.2 Å². The first-order valence-corrected chi connectivity index (χ1v) is 11.5. The molecule has 0 radical (unpaired) electrons. The van der Waals surface area contributed by atoms with Gasteiger partial charge in [0.25, 0.3) is 5.91 Å². The molecule has 1 saturated heterocycles. The second-order valence-electron chi connectivity index (χ2n) is 6.75. The van der Waals surface area contributed by atoms with Crippen LogP contribution in [0, 0.1) is 0 Å². The highest BCUT2D eigenvalue weighted by Crippen LogP contribution is 2.30. The van der Waals surface area contributed by atoms with Gasteiger partial charge >= 0.3 is 0 Å². The molecule has 1 aliphatic heterocycles. The monoisotopic (exact) mass is 493 g/mol. The molecular formula is C20H20BrN3O5S. The largest absolute Gasteiger partial charge is 0.495 e. The highest BCUT2D eigenvalue weighted by atomic mass is 79.9. The van der Waals surface area contributed by atoms with E-state index in [0.29, 0.717) is 24.6 Å². The minimum Gasteiger partial charge on any atom is -0.495 e. The van der Waals surface area contributed by atoms with Crippen molar-refractivity contribution in [2.24, 2.45) is 0 Å². The third kappa shape index (κ3) is 4.08. The molecule has 3 aromatic rings. The fourth-order valence-electron chi connectivity index (χ4n) is 3.31. The second kappa shape index (κ2) is 8.38. The summed E-state index contributed by atoms with van der Waals surface area (Å²) >= 11 is 3.41. The van der Waals surface area contributed by atoms with Crippen molar-refractivity contribution in [3.8, 4) is 5.75 Å². The number of ether oxygens (including phenoxy) is 2. The molecule has 0 spiro atoms. The first-order valence-electron chi connectivity index (χ1n) is 9.24. The molecular weight excluding hydrogens is 474 g/mol. The summed E-state index contributed by atoms with van der Waals surface area (Å²) in [5.74, 6) is -0.155. The lowest BCUT2D eigenvalue weighted by Crippen LogP contribution is -2.40. The number of nitrogens with one attached hydrogen (secondary N) is 2. The maximum Gasteiger partial charge on any atom is 0.272 e. The molecule has 1 aromatic heterocycles. The summed E-state index contributed by atoms with van der Waals surface area (Å²) < 4.78 is 39.0.